The Morgan fingerprint density at radius 2 is 1.68 bits per heavy atom. The average molecular weight is 295 g/mol. The van der Waals surface area contributed by atoms with Crippen LogP contribution in [0.1, 0.15) is 21.7 Å². The Morgan fingerprint density at radius 3 is 2.36 bits per heavy atom. The van der Waals surface area contributed by atoms with Gasteiger partial charge < -0.3 is 5.32 Å². The number of para-hydroxylation sites is 2. The van der Waals surface area contributed by atoms with Crippen molar-refractivity contribution in [2.75, 3.05) is 0 Å². The molecule has 2 aromatic carbocycles. The van der Waals surface area contributed by atoms with Gasteiger partial charge in [-0.15, -0.1) is 0 Å². The molecule has 1 aromatic heterocycles. The number of hydrogen-bond donors (Lipinski definition) is 1. The van der Waals surface area contributed by atoms with Crippen LogP contribution in [0.15, 0.2) is 48.5 Å². The fraction of sp³-hybridized carbons (Fsp3) is 0.118. The maximum absolute atomic E-state index is 12.8. The Kier molecular flexibility index (Phi) is 3.78. The number of aryl methyl sites for hydroxylation is 1. The van der Waals surface area contributed by atoms with Gasteiger partial charge in [-0.25, -0.2) is 14.4 Å². The summed E-state index contributed by atoms with van der Waals surface area (Å²) in [5.41, 5.74) is 3.15. The van der Waals surface area contributed by atoms with Crippen molar-refractivity contribution < 1.29 is 9.18 Å². The SMILES string of the molecule is Cc1nc2ccccc2nc1C(=O)NCc1ccc(F)cc1. The van der Waals surface area contributed by atoms with E-state index >= 15 is 0 Å². The zero-order valence-electron chi connectivity index (χ0n) is 12.0. The molecule has 1 heterocycles. The zero-order valence-corrected chi connectivity index (χ0v) is 12.0. The largest absolute Gasteiger partial charge is 0.347 e. The highest BCUT2D eigenvalue weighted by atomic mass is 19.1. The van der Waals surface area contributed by atoms with Crippen molar-refractivity contribution in [3.63, 3.8) is 0 Å². The number of fused-ring (bicyclic) bond motifs is 1. The van der Waals surface area contributed by atoms with E-state index in [1.165, 1.54) is 12.1 Å². The summed E-state index contributed by atoms with van der Waals surface area (Å²) in [4.78, 5) is 21.0. The lowest BCUT2D eigenvalue weighted by Crippen LogP contribution is -2.25. The Bertz CT molecular complexity index is 831. The molecule has 0 fully saturated rings. The normalized spacial score (nSPS) is 10.6. The lowest BCUT2D eigenvalue weighted by Gasteiger charge is -2.08. The molecule has 1 N–H and O–H groups in total. The third-order valence-corrected chi connectivity index (χ3v) is 3.33. The van der Waals surface area contributed by atoms with Crippen LogP contribution in [0.5, 0.6) is 0 Å². The van der Waals surface area contributed by atoms with Gasteiger partial charge in [0.25, 0.3) is 5.91 Å². The number of carbonyl (C=O) groups excluding carboxylic acids is 1. The van der Waals surface area contributed by atoms with Crippen LogP contribution < -0.4 is 5.32 Å². The van der Waals surface area contributed by atoms with Crippen molar-refractivity contribution in [2.24, 2.45) is 0 Å². The Labute approximate surface area is 127 Å². The van der Waals surface area contributed by atoms with Crippen LogP contribution in [0.4, 0.5) is 4.39 Å². The van der Waals surface area contributed by atoms with Gasteiger partial charge in [0.05, 0.1) is 16.7 Å². The minimum Gasteiger partial charge on any atom is -0.347 e. The minimum absolute atomic E-state index is 0.292. The number of carbonyl (C=O) groups is 1. The molecule has 0 aliphatic carbocycles. The highest BCUT2D eigenvalue weighted by molar-refractivity contribution is 5.95. The highest BCUT2D eigenvalue weighted by Crippen LogP contribution is 2.12. The average Bonchev–Trinajstić information content (AvgIpc) is 2.53. The van der Waals surface area contributed by atoms with Crippen LogP contribution in [0.2, 0.25) is 0 Å². The van der Waals surface area contributed by atoms with E-state index in [0.717, 1.165) is 11.1 Å². The molecule has 3 aromatic rings. The van der Waals surface area contributed by atoms with Crippen molar-refractivity contribution in [3.8, 4) is 0 Å². The van der Waals surface area contributed by atoms with E-state index in [9.17, 15) is 9.18 Å². The smallest absolute Gasteiger partial charge is 0.272 e. The zero-order chi connectivity index (χ0) is 15.5. The molecular formula is C17H14FN3O. The predicted molar refractivity (Wildman–Crippen MR) is 81.8 cm³/mol. The standard InChI is InChI=1S/C17H14FN3O/c1-11-16(21-15-5-3-2-4-14(15)20-11)17(22)19-10-12-6-8-13(18)9-7-12/h2-9H,10H2,1H3,(H,19,22). The van der Waals surface area contributed by atoms with Gasteiger partial charge in [-0.2, -0.15) is 0 Å². The molecule has 0 bridgehead atoms. The van der Waals surface area contributed by atoms with Gasteiger partial charge in [-0.1, -0.05) is 24.3 Å². The van der Waals surface area contributed by atoms with Crippen molar-refractivity contribution in [1.82, 2.24) is 15.3 Å². The second kappa shape index (κ2) is 5.89. The molecule has 0 spiro atoms. The second-order valence-electron chi connectivity index (χ2n) is 4.96. The number of benzene rings is 2. The van der Waals surface area contributed by atoms with Gasteiger partial charge in [0.2, 0.25) is 0 Å². The first-order valence-electron chi connectivity index (χ1n) is 6.89. The number of halogens is 1. The van der Waals surface area contributed by atoms with Crippen LogP contribution in [-0.2, 0) is 6.54 Å². The van der Waals surface area contributed by atoms with E-state index in [1.54, 1.807) is 19.1 Å². The van der Waals surface area contributed by atoms with Crippen LogP contribution in [0.3, 0.4) is 0 Å². The molecule has 0 aliphatic heterocycles. The predicted octanol–water partition coefficient (Wildman–Crippen LogP) is 3.01. The van der Waals surface area contributed by atoms with E-state index in [4.69, 9.17) is 0 Å². The van der Waals surface area contributed by atoms with Crippen molar-refractivity contribution in [3.05, 3.63) is 71.3 Å². The second-order valence-corrected chi connectivity index (χ2v) is 4.96. The molecule has 0 saturated carbocycles. The highest BCUT2D eigenvalue weighted by Gasteiger charge is 2.13. The molecule has 4 nitrogen and oxygen atoms in total. The lowest BCUT2D eigenvalue weighted by atomic mass is 10.2. The maximum atomic E-state index is 12.8. The molecule has 0 unspecified atom stereocenters. The number of hydrogen-bond acceptors (Lipinski definition) is 3. The summed E-state index contributed by atoms with van der Waals surface area (Å²) in [6, 6.07) is 13.4. The molecule has 0 atom stereocenters. The molecule has 1 amide bonds. The number of amides is 1. The van der Waals surface area contributed by atoms with Crippen LogP contribution in [-0.4, -0.2) is 15.9 Å². The van der Waals surface area contributed by atoms with E-state index in [-0.39, 0.29) is 11.7 Å². The number of nitrogens with one attached hydrogen (secondary N) is 1. The first-order valence-corrected chi connectivity index (χ1v) is 6.89. The summed E-state index contributed by atoms with van der Waals surface area (Å²) in [6.45, 7) is 2.07. The minimum atomic E-state index is -0.300. The van der Waals surface area contributed by atoms with E-state index in [1.807, 2.05) is 24.3 Å². The molecule has 22 heavy (non-hydrogen) atoms. The van der Waals surface area contributed by atoms with Gasteiger partial charge in [-0.3, -0.25) is 4.79 Å². The third kappa shape index (κ3) is 2.93. The number of nitrogens with zero attached hydrogens (tertiary/aromatic N) is 2. The summed E-state index contributed by atoms with van der Waals surface area (Å²) in [6.07, 6.45) is 0. The Hall–Kier alpha value is -2.82. The van der Waals surface area contributed by atoms with E-state index in [2.05, 4.69) is 15.3 Å². The third-order valence-electron chi connectivity index (χ3n) is 3.33. The summed E-state index contributed by atoms with van der Waals surface area (Å²) < 4.78 is 12.8. The van der Waals surface area contributed by atoms with Crippen molar-refractivity contribution in [2.45, 2.75) is 13.5 Å². The van der Waals surface area contributed by atoms with Crippen molar-refractivity contribution in [1.29, 1.82) is 0 Å². The molecule has 0 saturated heterocycles. The molecular weight excluding hydrogens is 281 g/mol. The van der Waals surface area contributed by atoms with Gasteiger partial charge in [0.15, 0.2) is 0 Å². The molecule has 0 radical (unpaired) electrons. The summed E-state index contributed by atoms with van der Waals surface area (Å²) in [5, 5.41) is 2.78. The van der Waals surface area contributed by atoms with Gasteiger partial charge in [0.1, 0.15) is 11.5 Å². The summed E-state index contributed by atoms with van der Waals surface area (Å²) in [7, 11) is 0. The fourth-order valence-corrected chi connectivity index (χ4v) is 2.17. The van der Waals surface area contributed by atoms with Crippen LogP contribution in [0, 0.1) is 12.7 Å². The van der Waals surface area contributed by atoms with E-state index in [0.29, 0.717) is 23.4 Å². The van der Waals surface area contributed by atoms with Gasteiger partial charge >= 0.3 is 0 Å². The number of rotatable bonds is 3. The van der Waals surface area contributed by atoms with Crippen LogP contribution >= 0.6 is 0 Å². The van der Waals surface area contributed by atoms with Gasteiger partial charge in [-0.05, 0) is 36.8 Å². The summed E-state index contributed by atoms with van der Waals surface area (Å²) in [5.74, 6) is -0.591. The fourth-order valence-electron chi connectivity index (χ4n) is 2.17. The number of aromatic nitrogens is 2. The molecule has 3 rings (SSSR count). The quantitative estimate of drug-likeness (QED) is 0.808. The Balaban J connectivity index is 1.79. The van der Waals surface area contributed by atoms with E-state index < -0.39 is 0 Å². The van der Waals surface area contributed by atoms with Crippen molar-refractivity contribution >= 4 is 16.9 Å². The maximum Gasteiger partial charge on any atom is 0.272 e. The first kappa shape index (κ1) is 14.1. The first-order chi connectivity index (χ1) is 10.6. The topological polar surface area (TPSA) is 54.9 Å². The summed E-state index contributed by atoms with van der Waals surface area (Å²) >= 11 is 0. The Morgan fingerprint density at radius 1 is 1.05 bits per heavy atom. The monoisotopic (exact) mass is 295 g/mol. The molecule has 110 valence electrons. The van der Waals surface area contributed by atoms with Crippen LogP contribution in [0.25, 0.3) is 11.0 Å². The van der Waals surface area contributed by atoms with Gasteiger partial charge in [0, 0.05) is 6.54 Å². The molecule has 0 aliphatic rings. The lowest BCUT2D eigenvalue weighted by molar-refractivity contribution is 0.0945. The molecule has 5 heteroatoms.